The van der Waals surface area contributed by atoms with Crippen molar-refractivity contribution in [3.05, 3.63) is 60.2 Å². The highest BCUT2D eigenvalue weighted by molar-refractivity contribution is 5.98. The van der Waals surface area contributed by atoms with E-state index in [4.69, 9.17) is 4.74 Å². The lowest BCUT2D eigenvalue weighted by Crippen LogP contribution is -2.26. The van der Waals surface area contributed by atoms with E-state index in [0.29, 0.717) is 18.3 Å². The minimum absolute atomic E-state index is 0.0338. The molecule has 0 saturated heterocycles. The van der Waals surface area contributed by atoms with Crippen molar-refractivity contribution in [2.24, 2.45) is 29.6 Å². The minimum Gasteiger partial charge on any atom is -0.458 e. The van der Waals surface area contributed by atoms with Crippen LogP contribution in [-0.4, -0.2) is 5.97 Å². The zero-order valence-corrected chi connectivity index (χ0v) is 17.6. The Hall–Kier alpha value is -2.35. The highest BCUT2D eigenvalue weighted by atomic mass is 16.5. The summed E-state index contributed by atoms with van der Waals surface area (Å²) in [5, 5.41) is 4.90. The van der Waals surface area contributed by atoms with E-state index >= 15 is 0 Å². The molecule has 3 aromatic rings. The van der Waals surface area contributed by atoms with Gasteiger partial charge in [-0.3, -0.25) is 4.79 Å². The molecule has 2 saturated carbocycles. The van der Waals surface area contributed by atoms with Gasteiger partial charge in [0.05, 0.1) is 0 Å². The van der Waals surface area contributed by atoms with Gasteiger partial charge in [-0.25, -0.2) is 0 Å². The van der Waals surface area contributed by atoms with Gasteiger partial charge in [-0.1, -0.05) is 50.2 Å². The van der Waals surface area contributed by atoms with Crippen LogP contribution in [0.5, 0.6) is 0 Å². The molecule has 0 heterocycles. The van der Waals surface area contributed by atoms with Crippen LogP contribution in [0.1, 0.15) is 51.7 Å². The quantitative estimate of drug-likeness (QED) is 0.359. The Kier molecular flexibility index (Phi) is 4.61. The van der Waals surface area contributed by atoms with Crippen molar-refractivity contribution in [3.8, 4) is 0 Å². The fourth-order valence-electron chi connectivity index (χ4n) is 6.07. The number of hydrogen-bond donors (Lipinski definition) is 0. The first kappa shape index (κ1) is 18.7. The minimum atomic E-state index is -0.215. The molecule has 2 fully saturated rings. The zero-order valence-electron chi connectivity index (χ0n) is 17.6. The van der Waals surface area contributed by atoms with Crippen molar-refractivity contribution < 1.29 is 9.53 Å². The molecule has 2 bridgehead atoms. The predicted octanol–water partition coefficient (Wildman–Crippen LogP) is 6.92. The number of hydrogen-bond acceptors (Lipinski definition) is 2. The van der Waals surface area contributed by atoms with Crippen molar-refractivity contribution in [1.82, 2.24) is 0 Å². The largest absolute Gasteiger partial charge is 0.458 e. The Bertz CT molecular complexity index is 1070. The Balaban J connectivity index is 1.29. The van der Waals surface area contributed by atoms with E-state index in [0.717, 1.165) is 23.3 Å². The monoisotopic (exact) mass is 386 g/mol. The van der Waals surface area contributed by atoms with Crippen LogP contribution in [0.3, 0.4) is 0 Å². The van der Waals surface area contributed by atoms with E-state index in [-0.39, 0.29) is 12.1 Å². The number of carbonyl (C=O) groups excluding carboxylic acids is 1. The third-order valence-corrected chi connectivity index (χ3v) is 7.97. The van der Waals surface area contributed by atoms with Crippen LogP contribution in [0.25, 0.3) is 21.5 Å². The van der Waals surface area contributed by atoms with Gasteiger partial charge in [0.1, 0.15) is 6.10 Å². The van der Waals surface area contributed by atoms with Crippen molar-refractivity contribution >= 4 is 27.5 Å². The first-order valence-electron chi connectivity index (χ1n) is 11.1. The molecule has 0 aromatic heterocycles. The van der Waals surface area contributed by atoms with Crippen molar-refractivity contribution in [3.63, 3.8) is 0 Å². The maximum Gasteiger partial charge on any atom is 0.306 e. The van der Waals surface area contributed by atoms with E-state index < -0.39 is 0 Å². The number of benzene rings is 3. The van der Waals surface area contributed by atoms with Crippen molar-refractivity contribution in [2.45, 2.75) is 46.1 Å². The second-order valence-corrected chi connectivity index (χ2v) is 9.52. The van der Waals surface area contributed by atoms with Crippen LogP contribution in [0.2, 0.25) is 0 Å². The summed E-state index contributed by atoms with van der Waals surface area (Å²) in [6.07, 6.45) is 2.89. The predicted molar refractivity (Wildman–Crippen MR) is 119 cm³/mol. The van der Waals surface area contributed by atoms with Crippen LogP contribution < -0.4 is 0 Å². The molecule has 6 unspecified atom stereocenters. The second-order valence-electron chi connectivity index (χ2n) is 9.52. The fourth-order valence-corrected chi connectivity index (χ4v) is 6.07. The average molecular weight is 387 g/mol. The van der Waals surface area contributed by atoms with Crippen LogP contribution in [0, 0.1) is 29.6 Å². The summed E-state index contributed by atoms with van der Waals surface area (Å²) >= 11 is 0. The van der Waals surface area contributed by atoms with E-state index in [9.17, 15) is 4.79 Å². The summed E-state index contributed by atoms with van der Waals surface area (Å²) in [6, 6.07) is 19.3. The van der Waals surface area contributed by atoms with Gasteiger partial charge in [-0.15, -0.1) is 0 Å². The number of fused-ring (bicyclic) bond motifs is 4. The highest BCUT2D eigenvalue weighted by Crippen LogP contribution is 2.55. The summed E-state index contributed by atoms with van der Waals surface area (Å²) < 4.78 is 5.87. The molecule has 2 nitrogen and oxygen atoms in total. The van der Waals surface area contributed by atoms with Gasteiger partial charge >= 0.3 is 5.97 Å². The summed E-state index contributed by atoms with van der Waals surface area (Å²) in [5.74, 6) is 3.59. The fraction of sp³-hybridized carbons (Fsp3) is 0.444. The molecule has 29 heavy (non-hydrogen) atoms. The van der Waals surface area contributed by atoms with Crippen LogP contribution >= 0.6 is 0 Å². The van der Waals surface area contributed by atoms with E-state index in [2.05, 4.69) is 68.4 Å². The highest BCUT2D eigenvalue weighted by Gasteiger charge is 2.49. The summed E-state index contributed by atoms with van der Waals surface area (Å²) in [4.78, 5) is 12.7. The Morgan fingerprint density at radius 1 is 0.931 bits per heavy atom. The number of ether oxygens (including phenoxy) is 1. The van der Waals surface area contributed by atoms with Gasteiger partial charge < -0.3 is 4.74 Å². The topological polar surface area (TPSA) is 26.3 Å². The third kappa shape index (κ3) is 3.33. The molecule has 0 radical (unpaired) electrons. The third-order valence-electron chi connectivity index (χ3n) is 7.97. The van der Waals surface area contributed by atoms with Gasteiger partial charge in [0.2, 0.25) is 0 Å². The molecule has 2 aliphatic rings. The molecule has 2 aliphatic carbocycles. The number of carbonyl (C=O) groups is 1. The Morgan fingerprint density at radius 2 is 1.62 bits per heavy atom. The van der Waals surface area contributed by atoms with Gasteiger partial charge in [0.15, 0.2) is 0 Å². The van der Waals surface area contributed by atoms with Gasteiger partial charge in [0.25, 0.3) is 0 Å². The van der Waals surface area contributed by atoms with Crippen molar-refractivity contribution in [2.75, 3.05) is 0 Å². The number of rotatable bonds is 4. The van der Waals surface area contributed by atoms with Gasteiger partial charge in [-0.05, 0) is 94.7 Å². The Labute approximate surface area is 173 Å². The first-order valence-corrected chi connectivity index (χ1v) is 11.1. The van der Waals surface area contributed by atoms with Crippen molar-refractivity contribution in [1.29, 1.82) is 0 Å². The molecule has 0 N–H and O–H groups in total. The van der Waals surface area contributed by atoms with Gasteiger partial charge in [0, 0.05) is 6.42 Å². The summed E-state index contributed by atoms with van der Waals surface area (Å²) in [6.45, 7) is 6.74. The van der Waals surface area contributed by atoms with Crippen LogP contribution in [-0.2, 0) is 9.53 Å². The van der Waals surface area contributed by atoms with E-state index in [1.165, 1.54) is 34.4 Å². The van der Waals surface area contributed by atoms with Crippen LogP contribution in [0.15, 0.2) is 54.6 Å². The number of esters is 1. The summed E-state index contributed by atoms with van der Waals surface area (Å²) in [5.41, 5.74) is 1.07. The van der Waals surface area contributed by atoms with Crippen LogP contribution in [0.4, 0.5) is 0 Å². The Morgan fingerprint density at radius 3 is 2.31 bits per heavy atom. The second kappa shape index (κ2) is 7.16. The van der Waals surface area contributed by atoms with E-state index in [1.807, 2.05) is 6.92 Å². The standard InChI is InChI=1S/C27H30O2/c1-16-17(2)26-14-23(16)13-25(26)15-27(28)29-18(3)19-8-9-22-11-20-6-4-5-7-21(20)12-24(22)10-19/h4-12,16-18,23,25-26H,13-15H2,1-3H3. The SMILES string of the molecule is CC(OC(=O)CC1CC2CC1C(C)C2C)c1ccc2cc3ccccc3cc2c1. The summed E-state index contributed by atoms with van der Waals surface area (Å²) in [7, 11) is 0. The molecule has 0 amide bonds. The zero-order chi connectivity index (χ0) is 20.1. The molecular weight excluding hydrogens is 356 g/mol. The maximum atomic E-state index is 12.7. The lowest BCUT2D eigenvalue weighted by molar-refractivity contribution is -0.150. The van der Waals surface area contributed by atoms with Gasteiger partial charge in [-0.2, -0.15) is 0 Å². The molecule has 3 aromatic carbocycles. The molecule has 2 heteroatoms. The molecule has 150 valence electrons. The molecule has 0 aliphatic heterocycles. The normalized spacial score (nSPS) is 29.4. The molecule has 6 atom stereocenters. The smallest absolute Gasteiger partial charge is 0.306 e. The molecular formula is C27H30O2. The molecule has 5 rings (SSSR count). The maximum absolute atomic E-state index is 12.7. The molecule has 0 spiro atoms. The lowest BCUT2D eigenvalue weighted by Gasteiger charge is -2.31. The average Bonchev–Trinajstić information content (AvgIpc) is 3.24. The van der Waals surface area contributed by atoms with E-state index in [1.54, 1.807) is 0 Å². The lowest BCUT2D eigenvalue weighted by atomic mass is 9.74. The first-order chi connectivity index (χ1) is 14.0.